The third-order valence-electron chi connectivity index (χ3n) is 4.43. The minimum absolute atomic E-state index is 0.00898. The summed E-state index contributed by atoms with van der Waals surface area (Å²) in [6, 6.07) is 5.55. The van der Waals surface area contributed by atoms with E-state index in [1.54, 1.807) is 25.1 Å². The van der Waals surface area contributed by atoms with Crippen LogP contribution in [0.15, 0.2) is 24.3 Å². The van der Waals surface area contributed by atoms with Gasteiger partial charge in [-0.15, -0.1) is 0 Å². The van der Waals surface area contributed by atoms with Crippen LogP contribution in [0.5, 0.6) is 0 Å². The van der Waals surface area contributed by atoms with Crippen LogP contribution in [0.25, 0.3) is 0 Å². The van der Waals surface area contributed by atoms with Gasteiger partial charge in [-0.3, -0.25) is 14.5 Å². The Hall–Kier alpha value is -2.44. The molecule has 1 aliphatic heterocycles. The zero-order valence-corrected chi connectivity index (χ0v) is 12.8. The van der Waals surface area contributed by atoms with Crippen molar-refractivity contribution in [2.45, 2.75) is 31.8 Å². The lowest BCUT2D eigenvalue weighted by molar-refractivity contribution is -0.135. The van der Waals surface area contributed by atoms with Crippen LogP contribution in [0, 0.1) is 11.7 Å². The molecule has 2 aliphatic rings. The SMILES string of the molecule is CC1(C2CC2)NC(=O)N(CC(=O)NCc2ccccc2F)C1=O. The molecular weight excluding hydrogens is 301 g/mol. The first-order valence-corrected chi connectivity index (χ1v) is 7.56. The van der Waals surface area contributed by atoms with Gasteiger partial charge in [0.2, 0.25) is 5.91 Å². The molecule has 3 rings (SSSR count). The number of hydrogen-bond donors (Lipinski definition) is 2. The first kappa shape index (κ1) is 15.5. The van der Waals surface area contributed by atoms with E-state index in [0.717, 1.165) is 17.7 Å². The lowest BCUT2D eigenvalue weighted by Crippen LogP contribution is -2.47. The summed E-state index contributed by atoms with van der Waals surface area (Å²) in [4.78, 5) is 37.2. The average Bonchev–Trinajstić information content (AvgIpc) is 3.33. The molecule has 1 unspecified atom stereocenters. The molecule has 6 nitrogen and oxygen atoms in total. The zero-order chi connectivity index (χ0) is 16.6. The molecule has 0 aromatic heterocycles. The van der Waals surface area contributed by atoms with Crippen LogP contribution >= 0.6 is 0 Å². The number of amides is 4. The van der Waals surface area contributed by atoms with Crippen molar-refractivity contribution in [3.05, 3.63) is 35.6 Å². The molecule has 23 heavy (non-hydrogen) atoms. The molecule has 2 fully saturated rings. The highest BCUT2D eigenvalue weighted by molar-refractivity contribution is 6.09. The van der Waals surface area contributed by atoms with Crippen molar-refractivity contribution < 1.29 is 18.8 Å². The number of carbonyl (C=O) groups is 3. The number of nitrogens with zero attached hydrogens (tertiary/aromatic N) is 1. The summed E-state index contributed by atoms with van der Waals surface area (Å²) < 4.78 is 13.5. The maximum Gasteiger partial charge on any atom is 0.325 e. The minimum atomic E-state index is -0.900. The molecule has 1 saturated heterocycles. The first-order valence-electron chi connectivity index (χ1n) is 7.56. The normalized spacial score (nSPS) is 23.8. The highest BCUT2D eigenvalue weighted by atomic mass is 19.1. The van der Waals surface area contributed by atoms with Crippen LogP contribution in [-0.2, 0) is 16.1 Å². The zero-order valence-electron chi connectivity index (χ0n) is 12.8. The smallest absolute Gasteiger partial charge is 0.325 e. The Morgan fingerprint density at radius 2 is 2.09 bits per heavy atom. The summed E-state index contributed by atoms with van der Waals surface area (Å²) in [5.41, 5.74) is -0.552. The van der Waals surface area contributed by atoms with E-state index in [1.807, 2.05) is 0 Å². The van der Waals surface area contributed by atoms with Gasteiger partial charge >= 0.3 is 6.03 Å². The Morgan fingerprint density at radius 1 is 1.39 bits per heavy atom. The maximum atomic E-state index is 13.5. The Labute approximate surface area is 133 Å². The predicted octanol–water partition coefficient (Wildman–Crippen LogP) is 1.16. The minimum Gasteiger partial charge on any atom is -0.350 e. The fraction of sp³-hybridized carbons (Fsp3) is 0.438. The van der Waals surface area contributed by atoms with E-state index in [4.69, 9.17) is 0 Å². The number of benzene rings is 1. The summed E-state index contributed by atoms with van der Waals surface area (Å²) in [5, 5.41) is 5.20. The summed E-state index contributed by atoms with van der Waals surface area (Å²) in [6.07, 6.45) is 1.80. The number of nitrogens with one attached hydrogen (secondary N) is 2. The third-order valence-corrected chi connectivity index (χ3v) is 4.43. The Bertz CT molecular complexity index is 674. The largest absolute Gasteiger partial charge is 0.350 e. The van der Waals surface area contributed by atoms with Crippen molar-refractivity contribution in [3.63, 3.8) is 0 Å². The fourth-order valence-corrected chi connectivity index (χ4v) is 2.83. The quantitative estimate of drug-likeness (QED) is 0.800. The van der Waals surface area contributed by atoms with E-state index < -0.39 is 23.3 Å². The first-order chi connectivity index (χ1) is 10.9. The van der Waals surface area contributed by atoms with Crippen LogP contribution < -0.4 is 10.6 Å². The van der Waals surface area contributed by atoms with Crippen LogP contribution in [0.1, 0.15) is 25.3 Å². The molecule has 7 heteroatoms. The molecule has 0 bridgehead atoms. The molecule has 122 valence electrons. The fourth-order valence-electron chi connectivity index (χ4n) is 2.83. The Morgan fingerprint density at radius 3 is 2.74 bits per heavy atom. The second kappa shape index (κ2) is 5.64. The lowest BCUT2D eigenvalue weighted by atomic mass is 9.96. The van der Waals surface area contributed by atoms with E-state index in [1.165, 1.54) is 6.07 Å². The molecule has 1 aromatic rings. The van der Waals surface area contributed by atoms with Crippen LogP contribution in [0.2, 0.25) is 0 Å². The van der Waals surface area contributed by atoms with Gasteiger partial charge in [0.1, 0.15) is 17.9 Å². The van der Waals surface area contributed by atoms with Gasteiger partial charge in [0.25, 0.3) is 5.91 Å². The molecule has 0 spiro atoms. The van der Waals surface area contributed by atoms with Gasteiger partial charge in [0.05, 0.1) is 0 Å². The van der Waals surface area contributed by atoms with Gasteiger partial charge in [-0.1, -0.05) is 18.2 Å². The van der Waals surface area contributed by atoms with Crippen molar-refractivity contribution in [3.8, 4) is 0 Å². The van der Waals surface area contributed by atoms with E-state index in [0.29, 0.717) is 5.56 Å². The Balaban J connectivity index is 1.59. The molecule has 4 amide bonds. The number of rotatable bonds is 5. The monoisotopic (exact) mass is 319 g/mol. The van der Waals surface area contributed by atoms with Gasteiger partial charge < -0.3 is 10.6 Å². The van der Waals surface area contributed by atoms with E-state index in [9.17, 15) is 18.8 Å². The van der Waals surface area contributed by atoms with Gasteiger partial charge in [-0.05, 0) is 31.7 Å². The van der Waals surface area contributed by atoms with Gasteiger partial charge in [0, 0.05) is 12.1 Å². The van der Waals surface area contributed by atoms with E-state index >= 15 is 0 Å². The second-order valence-corrected chi connectivity index (χ2v) is 6.17. The van der Waals surface area contributed by atoms with Crippen molar-refractivity contribution in [1.82, 2.24) is 15.5 Å². The van der Waals surface area contributed by atoms with Gasteiger partial charge in [-0.2, -0.15) is 0 Å². The number of hydrogen-bond acceptors (Lipinski definition) is 3. The predicted molar refractivity (Wildman–Crippen MR) is 79.6 cm³/mol. The van der Waals surface area contributed by atoms with Gasteiger partial charge in [0.15, 0.2) is 0 Å². The number of halogens is 1. The highest BCUT2D eigenvalue weighted by Gasteiger charge is 2.56. The van der Waals surface area contributed by atoms with E-state index in [2.05, 4.69) is 10.6 Å². The molecule has 1 aromatic carbocycles. The lowest BCUT2D eigenvalue weighted by Gasteiger charge is -2.20. The van der Waals surface area contributed by atoms with E-state index in [-0.39, 0.29) is 24.9 Å². The summed E-state index contributed by atoms with van der Waals surface area (Å²) in [7, 11) is 0. The van der Waals surface area contributed by atoms with Crippen molar-refractivity contribution in [1.29, 1.82) is 0 Å². The van der Waals surface area contributed by atoms with Gasteiger partial charge in [-0.25, -0.2) is 9.18 Å². The standard InChI is InChI=1S/C16H18FN3O3/c1-16(11-6-7-11)14(22)20(15(23)19-16)9-13(21)18-8-10-4-2-3-5-12(10)17/h2-5,11H,6-9H2,1H3,(H,18,21)(H,19,23). The average molecular weight is 319 g/mol. The topological polar surface area (TPSA) is 78.5 Å². The van der Waals surface area contributed by atoms with Crippen molar-refractivity contribution >= 4 is 17.8 Å². The molecule has 0 radical (unpaired) electrons. The number of urea groups is 1. The third kappa shape index (κ3) is 2.91. The van der Waals surface area contributed by atoms with Crippen LogP contribution in [0.4, 0.5) is 9.18 Å². The van der Waals surface area contributed by atoms with Crippen LogP contribution in [0.3, 0.4) is 0 Å². The second-order valence-electron chi connectivity index (χ2n) is 6.17. The number of imide groups is 1. The Kier molecular flexibility index (Phi) is 3.79. The summed E-state index contributed by atoms with van der Waals surface area (Å²) >= 11 is 0. The molecule has 2 N–H and O–H groups in total. The molecule has 1 heterocycles. The molecule has 1 atom stereocenters. The molecule has 1 saturated carbocycles. The summed E-state index contributed by atoms with van der Waals surface area (Å²) in [6.45, 7) is 1.35. The molecular formula is C16H18FN3O3. The van der Waals surface area contributed by atoms with Crippen LogP contribution in [-0.4, -0.2) is 34.8 Å². The molecule has 1 aliphatic carbocycles. The maximum absolute atomic E-state index is 13.5. The van der Waals surface area contributed by atoms with Crippen molar-refractivity contribution in [2.75, 3.05) is 6.54 Å². The van der Waals surface area contributed by atoms with Crippen molar-refractivity contribution in [2.24, 2.45) is 5.92 Å². The highest BCUT2D eigenvalue weighted by Crippen LogP contribution is 2.42. The summed E-state index contributed by atoms with van der Waals surface area (Å²) in [5.74, 6) is -1.14. The number of carbonyl (C=O) groups excluding carboxylic acids is 3.